The van der Waals surface area contributed by atoms with Crippen LogP contribution in [-0.4, -0.2) is 19.0 Å². The SMILES string of the molecule is CCC1=CC/C(=C\N(C)C)C=C1. The molecule has 0 bridgehead atoms. The summed E-state index contributed by atoms with van der Waals surface area (Å²) in [5.41, 5.74) is 2.84. The Kier molecular flexibility index (Phi) is 3.15. The lowest BCUT2D eigenvalue weighted by Crippen LogP contribution is -2.02. The van der Waals surface area contributed by atoms with Crippen molar-refractivity contribution in [3.8, 4) is 0 Å². The minimum Gasteiger partial charge on any atom is -0.383 e. The highest BCUT2D eigenvalue weighted by Crippen LogP contribution is 2.17. The molecule has 0 aromatic rings. The van der Waals surface area contributed by atoms with Crippen molar-refractivity contribution in [3.05, 3.63) is 35.6 Å². The Morgan fingerprint density at radius 2 is 2.17 bits per heavy atom. The lowest BCUT2D eigenvalue weighted by atomic mass is 10.0. The Bertz CT molecular complexity index is 231. The molecule has 1 rings (SSSR count). The van der Waals surface area contributed by atoms with E-state index in [1.54, 1.807) is 0 Å². The average molecular weight is 163 g/mol. The van der Waals surface area contributed by atoms with Gasteiger partial charge in [-0.1, -0.05) is 30.7 Å². The molecule has 0 heterocycles. The number of allylic oxidation sites excluding steroid dienone is 5. The van der Waals surface area contributed by atoms with E-state index < -0.39 is 0 Å². The molecule has 1 heteroatoms. The minimum atomic E-state index is 1.08. The molecule has 0 aliphatic heterocycles. The molecule has 0 aromatic heterocycles. The van der Waals surface area contributed by atoms with Crippen LogP contribution in [0.1, 0.15) is 19.8 Å². The fourth-order valence-electron chi connectivity index (χ4n) is 1.29. The van der Waals surface area contributed by atoms with Crippen LogP contribution < -0.4 is 0 Å². The van der Waals surface area contributed by atoms with E-state index in [4.69, 9.17) is 0 Å². The Labute approximate surface area is 75.1 Å². The molecule has 0 unspecified atom stereocenters. The second kappa shape index (κ2) is 4.15. The third-order valence-electron chi connectivity index (χ3n) is 1.94. The van der Waals surface area contributed by atoms with Crippen molar-refractivity contribution in [2.75, 3.05) is 14.1 Å². The fourth-order valence-corrected chi connectivity index (χ4v) is 1.29. The Balaban J connectivity index is 2.59. The lowest BCUT2D eigenvalue weighted by molar-refractivity contribution is 0.558. The summed E-state index contributed by atoms with van der Waals surface area (Å²) in [4.78, 5) is 2.09. The summed E-state index contributed by atoms with van der Waals surface area (Å²) >= 11 is 0. The van der Waals surface area contributed by atoms with Gasteiger partial charge in [-0.05, 0) is 18.4 Å². The molecule has 66 valence electrons. The Hall–Kier alpha value is -0.980. The van der Waals surface area contributed by atoms with Gasteiger partial charge in [-0.15, -0.1) is 0 Å². The van der Waals surface area contributed by atoms with Crippen molar-refractivity contribution >= 4 is 0 Å². The van der Waals surface area contributed by atoms with Crippen molar-refractivity contribution in [1.29, 1.82) is 0 Å². The molecule has 1 aliphatic carbocycles. The molecule has 1 aliphatic rings. The molecule has 0 saturated carbocycles. The summed E-state index contributed by atoms with van der Waals surface area (Å²) in [5.74, 6) is 0. The molecule has 12 heavy (non-hydrogen) atoms. The molecule has 0 radical (unpaired) electrons. The van der Waals surface area contributed by atoms with Gasteiger partial charge in [0.2, 0.25) is 0 Å². The van der Waals surface area contributed by atoms with Crippen molar-refractivity contribution in [2.24, 2.45) is 0 Å². The van der Waals surface area contributed by atoms with E-state index in [2.05, 4.69) is 50.3 Å². The minimum absolute atomic E-state index is 1.08. The van der Waals surface area contributed by atoms with Crippen molar-refractivity contribution in [2.45, 2.75) is 19.8 Å². The van der Waals surface area contributed by atoms with E-state index in [0.29, 0.717) is 0 Å². The second-order valence-electron chi connectivity index (χ2n) is 3.34. The second-order valence-corrected chi connectivity index (χ2v) is 3.34. The first-order chi connectivity index (χ1) is 5.72. The zero-order chi connectivity index (χ0) is 8.97. The molecule has 0 fully saturated rings. The van der Waals surface area contributed by atoms with Crippen molar-refractivity contribution < 1.29 is 0 Å². The van der Waals surface area contributed by atoms with Gasteiger partial charge in [0.05, 0.1) is 0 Å². The number of hydrogen-bond acceptors (Lipinski definition) is 1. The lowest BCUT2D eigenvalue weighted by Gasteiger charge is -2.11. The number of hydrogen-bond donors (Lipinski definition) is 0. The molecule has 0 atom stereocenters. The molecule has 0 aromatic carbocycles. The maximum Gasteiger partial charge on any atom is 0.00557 e. The first-order valence-corrected chi connectivity index (χ1v) is 4.46. The van der Waals surface area contributed by atoms with Crippen LogP contribution in [0.2, 0.25) is 0 Å². The Morgan fingerprint density at radius 1 is 1.42 bits per heavy atom. The van der Waals surface area contributed by atoms with E-state index >= 15 is 0 Å². The van der Waals surface area contributed by atoms with Crippen LogP contribution in [0.3, 0.4) is 0 Å². The standard InChI is InChI=1S/C11H17N/c1-4-10-5-7-11(8-6-10)9-12(2)3/h5-7,9H,4,8H2,1-3H3/b11-9-. The van der Waals surface area contributed by atoms with Crippen LogP contribution in [0.15, 0.2) is 35.6 Å². The number of nitrogens with zero attached hydrogens (tertiary/aromatic N) is 1. The molecule has 0 saturated heterocycles. The summed E-state index contributed by atoms with van der Waals surface area (Å²) in [6.07, 6.45) is 11.1. The summed E-state index contributed by atoms with van der Waals surface area (Å²) < 4.78 is 0. The summed E-state index contributed by atoms with van der Waals surface area (Å²) in [7, 11) is 4.11. The van der Waals surface area contributed by atoms with E-state index in [-0.39, 0.29) is 0 Å². The van der Waals surface area contributed by atoms with Gasteiger partial charge in [0.15, 0.2) is 0 Å². The largest absolute Gasteiger partial charge is 0.383 e. The van der Waals surface area contributed by atoms with Gasteiger partial charge < -0.3 is 4.90 Å². The van der Waals surface area contributed by atoms with Gasteiger partial charge in [0, 0.05) is 20.3 Å². The average Bonchev–Trinajstić information content (AvgIpc) is 2.05. The van der Waals surface area contributed by atoms with Gasteiger partial charge in [-0.3, -0.25) is 0 Å². The van der Waals surface area contributed by atoms with Crippen LogP contribution in [0.4, 0.5) is 0 Å². The van der Waals surface area contributed by atoms with Crippen LogP contribution >= 0.6 is 0 Å². The highest BCUT2D eigenvalue weighted by atomic mass is 15.0. The first kappa shape index (κ1) is 9.11. The summed E-state index contributed by atoms with van der Waals surface area (Å²) in [6.45, 7) is 2.19. The number of rotatable bonds is 2. The first-order valence-electron chi connectivity index (χ1n) is 4.46. The molecular weight excluding hydrogens is 146 g/mol. The van der Waals surface area contributed by atoms with Crippen LogP contribution in [-0.2, 0) is 0 Å². The van der Waals surface area contributed by atoms with Gasteiger partial charge >= 0.3 is 0 Å². The highest BCUT2D eigenvalue weighted by molar-refractivity contribution is 5.34. The molecule has 1 nitrogen and oxygen atoms in total. The molecular formula is C11H17N. The van der Waals surface area contributed by atoms with E-state index in [1.165, 1.54) is 11.1 Å². The Morgan fingerprint density at radius 3 is 2.58 bits per heavy atom. The van der Waals surface area contributed by atoms with Crippen LogP contribution in [0.25, 0.3) is 0 Å². The monoisotopic (exact) mass is 163 g/mol. The van der Waals surface area contributed by atoms with Gasteiger partial charge in [-0.25, -0.2) is 0 Å². The zero-order valence-corrected chi connectivity index (χ0v) is 8.17. The van der Waals surface area contributed by atoms with E-state index in [1.807, 2.05) is 0 Å². The van der Waals surface area contributed by atoms with Crippen molar-refractivity contribution in [3.63, 3.8) is 0 Å². The van der Waals surface area contributed by atoms with Gasteiger partial charge in [-0.2, -0.15) is 0 Å². The molecule has 0 amide bonds. The smallest absolute Gasteiger partial charge is 0.00557 e. The maximum atomic E-state index is 2.30. The van der Waals surface area contributed by atoms with Crippen molar-refractivity contribution in [1.82, 2.24) is 4.90 Å². The summed E-state index contributed by atoms with van der Waals surface area (Å²) in [6, 6.07) is 0. The predicted octanol–water partition coefficient (Wildman–Crippen LogP) is 2.73. The topological polar surface area (TPSA) is 3.24 Å². The molecule has 0 spiro atoms. The van der Waals surface area contributed by atoms with Crippen LogP contribution in [0, 0.1) is 0 Å². The van der Waals surface area contributed by atoms with Crippen LogP contribution in [0.5, 0.6) is 0 Å². The van der Waals surface area contributed by atoms with E-state index in [0.717, 1.165) is 12.8 Å². The third kappa shape index (κ3) is 2.57. The van der Waals surface area contributed by atoms with E-state index in [9.17, 15) is 0 Å². The normalized spacial score (nSPS) is 19.6. The quantitative estimate of drug-likeness (QED) is 0.605. The molecule has 0 N–H and O–H groups in total. The van der Waals surface area contributed by atoms with Gasteiger partial charge in [0.25, 0.3) is 0 Å². The zero-order valence-electron chi connectivity index (χ0n) is 8.17. The van der Waals surface area contributed by atoms with Gasteiger partial charge in [0.1, 0.15) is 0 Å². The highest BCUT2D eigenvalue weighted by Gasteiger charge is 1.98. The fraction of sp³-hybridized carbons (Fsp3) is 0.455. The maximum absolute atomic E-state index is 2.30. The summed E-state index contributed by atoms with van der Waals surface area (Å²) in [5, 5.41) is 0. The predicted molar refractivity (Wildman–Crippen MR) is 53.9 cm³/mol. The third-order valence-corrected chi connectivity index (χ3v) is 1.94.